The third-order valence-electron chi connectivity index (χ3n) is 4.30. The average molecular weight is 354 g/mol. The van der Waals surface area contributed by atoms with Crippen LogP contribution in [0, 0.1) is 0 Å². The highest BCUT2D eigenvalue weighted by Crippen LogP contribution is 2.27. The molecule has 0 spiro atoms. The summed E-state index contributed by atoms with van der Waals surface area (Å²) in [5.41, 5.74) is 8.92. The molecule has 118 valence electrons. The second-order valence-corrected chi connectivity index (χ2v) is 6.89. The molecule has 0 radical (unpaired) electrons. The van der Waals surface area contributed by atoms with Gasteiger partial charge in [-0.3, -0.25) is 4.90 Å². The molecule has 21 heavy (non-hydrogen) atoms. The number of piperazine rings is 1. The Balaban J connectivity index is 2.09. The predicted molar refractivity (Wildman–Crippen MR) is 95.1 cm³/mol. The van der Waals surface area contributed by atoms with E-state index in [4.69, 9.17) is 5.73 Å². The van der Waals surface area contributed by atoms with Gasteiger partial charge in [0.25, 0.3) is 0 Å². The molecule has 1 saturated heterocycles. The van der Waals surface area contributed by atoms with E-state index in [0.29, 0.717) is 0 Å². The smallest absolute Gasteiger partial charge is 0.0401 e. The van der Waals surface area contributed by atoms with Gasteiger partial charge in [0.05, 0.1) is 0 Å². The Kier molecular flexibility index (Phi) is 6.52. The van der Waals surface area contributed by atoms with Crippen molar-refractivity contribution in [2.24, 2.45) is 5.73 Å². The quantitative estimate of drug-likeness (QED) is 0.851. The van der Waals surface area contributed by atoms with Gasteiger partial charge in [-0.15, -0.1) is 0 Å². The lowest BCUT2D eigenvalue weighted by atomic mass is 10.0. The van der Waals surface area contributed by atoms with Gasteiger partial charge in [-0.05, 0) is 49.6 Å². The number of benzene rings is 1. The van der Waals surface area contributed by atoms with Gasteiger partial charge >= 0.3 is 0 Å². The summed E-state index contributed by atoms with van der Waals surface area (Å²) < 4.78 is 1.15. The summed E-state index contributed by atoms with van der Waals surface area (Å²) in [5, 5.41) is 0. The van der Waals surface area contributed by atoms with E-state index in [2.05, 4.69) is 57.8 Å². The SMILES string of the molecule is CCCN1CCN(c2ccc(Br)cc2CC(N)CC)CC1. The van der Waals surface area contributed by atoms with E-state index in [-0.39, 0.29) is 6.04 Å². The van der Waals surface area contributed by atoms with Crippen molar-refractivity contribution in [1.29, 1.82) is 0 Å². The number of anilines is 1. The first kappa shape index (κ1) is 16.8. The van der Waals surface area contributed by atoms with Crippen LogP contribution in [0.1, 0.15) is 32.3 Å². The molecular formula is C17H28BrN3. The molecule has 1 atom stereocenters. The van der Waals surface area contributed by atoms with Gasteiger partial charge in [0, 0.05) is 42.4 Å². The zero-order valence-corrected chi connectivity index (χ0v) is 14.9. The van der Waals surface area contributed by atoms with E-state index in [0.717, 1.165) is 30.4 Å². The molecule has 3 nitrogen and oxygen atoms in total. The van der Waals surface area contributed by atoms with E-state index < -0.39 is 0 Å². The highest BCUT2D eigenvalue weighted by Gasteiger charge is 2.19. The van der Waals surface area contributed by atoms with E-state index in [9.17, 15) is 0 Å². The maximum atomic E-state index is 6.17. The highest BCUT2D eigenvalue weighted by atomic mass is 79.9. The zero-order chi connectivity index (χ0) is 15.2. The van der Waals surface area contributed by atoms with Crippen LogP contribution in [0.15, 0.2) is 22.7 Å². The maximum Gasteiger partial charge on any atom is 0.0401 e. The maximum absolute atomic E-state index is 6.17. The second-order valence-electron chi connectivity index (χ2n) is 5.97. The third kappa shape index (κ3) is 4.70. The molecule has 0 saturated carbocycles. The lowest BCUT2D eigenvalue weighted by Gasteiger charge is -2.37. The molecule has 1 aromatic rings. The van der Waals surface area contributed by atoms with Crippen LogP contribution in [0.5, 0.6) is 0 Å². The van der Waals surface area contributed by atoms with Gasteiger partial charge in [-0.25, -0.2) is 0 Å². The normalized spacial score (nSPS) is 18.0. The molecule has 1 aliphatic heterocycles. The second kappa shape index (κ2) is 8.16. The Bertz CT molecular complexity index is 442. The number of hydrogen-bond acceptors (Lipinski definition) is 3. The minimum atomic E-state index is 0.249. The van der Waals surface area contributed by atoms with Crippen LogP contribution >= 0.6 is 15.9 Å². The number of nitrogens with two attached hydrogens (primary N) is 1. The summed E-state index contributed by atoms with van der Waals surface area (Å²) in [6, 6.07) is 6.88. The Labute approximate surface area is 137 Å². The molecule has 1 unspecified atom stereocenters. The van der Waals surface area contributed by atoms with Crippen molar-refractivity contribution in [2.45, 2.75) is 39.2 Å². The summed E-state index contributed by atoms with van der Waals surface area (Å²) in [6.45, 7) is 10.2. The van der Waals surface area contributed by atoms with Crippen molar-refractivity contribution in [1.82, 2.24) is 4.90 Å². The summed E-state index contributed by atoms with van der Waals surface area (Å²) in [6.07, 6.45) is 3.23. The van der Waals surface area contributed by atoms with Crippen molar-refractivity contribution in [3.05, 3.63) is 28.2 Å². The predicted octanol–water partition coefficient (Wildman–Crippen LogP) is 3.26. The Morgan fingerprint density at radius 1 is 1.19 bits per heavy atom. The lowest BCUT2D eigenvalue weighted by molar-refractivity contribution is 0.258. The van der Waals surface area contributed by atoms with E-state index in [1.165, 1.54) is 37.3 Å². The molecule has 1 heterocycles. The first-order chi connectivity index (χ1) is 10.1. The molecular weight excluding hydrogens is 326 g/mol. The molecule has 0 aromatic heterocycles. The minimum absolute atomic E-state index is 0.249. The Hall–Kier alpha value is -0.580. The standard InChI is InChI=1S/C17H28BrN3/c1-3-7-20-8-10-21(11-9-20)17-6-5-15(18)12-14(17)13-16(19)4-2/h5-6,12,16H,3-4,7-11,13,19H2,1-2H3. The number of halogens is 1. The minimum Gasteiger partial charge on any atom is -0.369 e. The highest BCUT2D eigenvalue weighted by molar-refractivity contribution is 9.10. The van der Waals surface area contributed by atoms with E-state index in [1.54, 1.807) is 0 Å². The van der Waals surface area contributed by atoms with Crippen LogP contribution in [0.4, 0.5) is 5.69 Å². The Morgan fingerprint density at radius 3 is 2.52 bits per heavy atom. The fourth-order valence-electron chi connectivity index (χ4n) is 2.98. The largest absolute Gasteiger partial charge is 0.369 e. The molecule has 2 rings (SSSR count). The first-order valence-electron chi connectivity index (χ1n) is 8.15. The van der Waals surface area contributed by atoms with Gasteiger partial charge in [-0.1, -0.05) is 29.8 Å². The van der Waals surface area contributed by atoms with Gasteiger partial charge in [0.2, 0.25) is 0 Å². The number of nitrogens with zero attached hydrogens (tertiary/aromatic N) is 2. The number of rotatable bonds is 6. The summed E-state index contributed by atoms with van der Waals surface area (Å²) >= 11 is 3.59. The van der Waals surface area contributed by atoms with E-state index >= 15 is 0 Å². The van der Waals surface area contributed by atoms with Crippen LogP contribution in [0.2, 0.25) is 0 Å². The fraction of sp³-hybridized carbons (Fsp3) is 0.647. The monoisotopic (exact) mass is 353 g/mol. The molecule has 0 amide bonds. The molecule has 0 bridgehead atoms. The van der Waals surface area contributed by atoms with Gasteiger partial charge < -0.3 is 10.6 Å². The lowest BCUT2D eigenvalue weighted by Crippen LogP contribution is -2.47. The Morgan fingerprint density at radius 2 is 1.90 bits per heavy atom. The van der Waals surface area contributed by atoms with Crippen LogP contribution in [0.25, 0.3) is 0 Å². The van der Waals surface area contributed by atoms with Crippen molar-refractivity contribution in [3.8, 4) is 0 Å². The summed E-state index contributed by atoms with van der Waals surface area (Å²) in [4.78, 5) is 5.09. The first-order valence-corrected chi connectivity index (χ1v) is 8.94. The molecule has 1 aromatic carbocycles. The van der Waals surface area contributed by atoms with E-state index in [1.807, 2.05) is 0 Å². The zero-order valence-electron chi connectivity index (χ0n) is 13.3. The summed E-state index contributed by atoms with van der Waals surface area (Å²) in [5.74, 6) is 0. The van der Waals surface area contributed by atoms with Gasteiger partial charge in [-0.2, -0.15) is 0 Å². The van der Waals surface area contributed by atoms with Crippen LogP contribution < -0.4 is 10.6 Å². The average Bonchev–Trinajstić information content (AvgIpc) is 2.49. The van der Waals surface area contributed by atoms with Crippen molar-refractivity contribution < 1.29 is 0 Å². The number of hydrogen-bond donors (Lipinski definition) is 1. The third-order valence-corrected chi connectivity index (χ3v) is 4.79. The molecule has 2 N–H and O–H groups in total. The fourth-order valence-corrected chi connectivity index (χ4v) is 3.39. The van der Waals surface area contributed by atoms with Crippen LogP contribution in [0.3, 0.4) is 0 Å². The molecule has 4 heteroatoms. The molecule has 1 aliphatic rings. The van der Waals surface area contributed by atoms with Crippen molar-refractivity contribution in [2.75, 3.05) is 37.6 Å². The van der Waals surface area contributed by atoms with Crippen LogP contribution in [-0.4, -0.2) is 43.7 Å². The summed E-state index contributed by atoms with van der Waals surface area (Å²) in [7, 11) is 0. The van der Waals surface area contributed by atoms with Gasteiger partial charge in [0.15, 0.2) is 0 Å². The van der Waals surface area contributed by atoms with Crippen molar-refractivity contribution in [3.63, 3.8) is 0 Å². The van der Waals surface area contributed by atoms with Crippen LogP contribution in [-0.2, 0) is 6.42 Å². The topological polar surface area (TPSA) is 32.5 Å². The van der Waals surface area contributed by atoms with Gasteiger partial charge in [0.1, 0.15) is 0 Å². The van der Waals surface area contributed by atoms with Crippen molar-refractivity contribution >= 4 is 21.6 Å². The molecule has 0 aliphatic carbocycles. The molecule has 1 fully saturated rings.